The van der Waals surface area contributed by atoms with E-state index in [-0.39, 0.29) is 18.9 Å². The van der Waals surface area contributed by atoms with Crippen molar-refractivity contribution in [2.45, 2.75) is 19.8 Å². The van der Waals surface area contributed by atoms with Crippen LogP contribution in [0.4, 0.5) is 17.3 Å². The number of rotatable bonds is 14. The van der Waals surface area contributed by atoms with Crippen molar-refractivity contribution >= 4 is 45.7 Å². The average molecular weight is 554 g/mol. The van der Waals surface area contributed by atoms with Crippen LogP contribution in [0.25, 0.3) is 10.9 Å². The Morgan fingerprint density at radius 3 is 2.79 bits per heavy atom. The van der Waals surface area contributed by atoms with E-state index in [1.54, 1.807) is 37.4 Å². The molecule has 0 radical (unpaired) electrons. The van der Waals surface area contributed by atoms with Crippen LogP contribution in [0.15, 0.2) is 48.8 Å². The number of hydrogen-bond acceptors (Lipinski definition) is 9. The summed E-state index contributed by atoms with van der Waals surface area (Å²) < 4.78 is 11.6. The normalized spacial score (nSPS) is 11.1. The molecule has 4 rings (SSSR count). The number of aromatic nitrogens is 4. The highest BCUT2D eigenvalue weighted by Crippen LogP contribution is 2.34. The van der Waals surface area contributed by atoms with E-state index in [9.17, 15) is 4.79 Å². The molecule has 1 amide bonds. The number of aromatic amines is 1. The highest BCUT2D eigenvalue weighted by molar-refractivity contribution is 6.30. The first-order valence-electron chi connectivity index (χ1n) is 12.6. The Morgan fingerprint density at radius 1 is 1.15 bits per heavy atom. The van der Waals surface area contributed by atoms with E-state index in [1.807, 2.05) is 12.1 Å². The SMILES string of the molecule is CCN(CCO)CCCOc1cc2ncnc(Nc3cc(CC(=O)Nc4cccc(Cl)c4)[nH]n3)c2cc1OC. The number of aliphatic hydroxyl groups is 1. The van der Waals surface area contributed by atoms with E-state index >= 15 is 0 Å². The standard InChI is InChI=1S/C27H32ClN7O4/c1-3-35(9-10-36)8-5-11-39-24-16-22-21(15-23(24)38-2)27(30-17-29-22)32-25-13-20(33-34-25)14-26(37)31-19-7-4-6-18(28)12-19/h4,6-7,12-13,15-17,36H,3,5,8-11,14H2,1-2H3,(H,31,37)(H2,29,30,32,33,34). The number of hydrogen-bond donors (Lipinski definition) is 4. The molecule has 206 valence electrons. The van der Waals surface area contributed by atoms with Gasteiger partial charge in [0.15, 0.2) is 17.3 Å². The van der Waals surface area contributed by atoms with Crippen molar-refractivity contribution in [1.29, 1.82) is 0 Å². The Hall–Kier alpha value is -3.93. The van der Waals surface area contributed by atoms with Gasteiger partial charge in [-0.3, -0.25) is 9.89 Å². The summed E-state index contributed by atoms with van der Waals surface area (Å²) in [5.74, 6) is 1.99. The minimum absolute atomic E-state index is 0.107. The van der Waals surface area contributed by atoms with E-state index in [1.165, 1.54) is 6.33 Å². The highest BCUT2D eigenvalue weighted by Gasteiger charge is 2.14. The fourth-order valence-electron chi connectivity index (χ4n) is 4.06. The van der Waals surface area contributed by atoms with Crippen LogP contribution in [-0.2, 0) is 11.2 Å². The molecule has 12 heteroatoms. The summed E-state index contributed by atoms with van der Waals surface area (Å²) in [7, 11) is 1.58. The van der Waals surface area contributed by atoms with E-state index < -0.39 is 0 Å². The number of carbonyl (C=O) groups is 1. The maximum atomic E-state index is 12.4. The van der Waals surface area contributed by atoms with Crippen LogP contribution in [0.3, 0.4) is 0 Å². The van der Waals surface area contributed by atoms with Crippen molar-refractivity contribution in [3.63, 3.8) is 0 Å². The lowest BCUT2D eigenvalue weighted by atomic mass is 10.2. The minimum Gasteiger partial charge on any atom is -0.493 e. The van der Waals surface area contributed by atoms with Crippen molar-refractivity contribution < 1.29 is 19.4 Å². The van der Waals surface area contributed by atoms with Gasteiger partial charge in [-0.1, -0.05) is 24.6 Å². The number of amides is 1. The molecule has 0 aliphatic heterocycles. The van der Waals surface area contributed by atoms with E-state index in [0.717, 1.165) is 24.9 Å². The van der Waals surface area contributed by atoms with E-state index in [2.05, 4.69) is 42.6 Å². The Labute approximate surface area is 231 Å². The van der Waals surface area contributed by atoms with Gasteiger partial charge in [0.25, 0.3) is 0 Å². The summed E-state index contributed by atoms with van der Waals surface area (Å²) in [6.45, 7) is 5.06. The molecule has 2 heterocycles. The number of carbonyl (C=O) groups excluding carboxylic acids is 1. The summed E-state index contributed by atoms with van der Waals surface area (Å²) >= 11 is 5.98. The molecule has 0 bridgehead atoms. The van der Waals surface area contributed by atoms with Gasteiger partial charge < -0.3 is 30.1 Å². The molecule has 11 nitrogen and oxygen atoms in total. The smallest absolute Gasteiger partial charge is 0.230 e. The first kappa shape index (κ1) is 28.1. The summed E-state index contributed by atoms with van der Waals surface area (Å²) in [5.41, 5.74) is 1.93. The second-order valence-electron chi connectivity index (χ2n) is 8.74. The van der Waals surface area contributed by atoms with E-state index in [4.69, 9.17) is 26.2 Å². The number of ether oxygens (including phenoxy) is 2. The van der Waals surface area contributed by atoms with Crippen molar-refractivity contribution in [3.8, 4) is 11.5 Å². The van der Waals surface area contributed by atoms with Gasteiger partial charge in [0.1, 0.15) is 12.1 Å². The fourth-order valence-corrected chi connectivity index (χ4v) is 4.25. The lowest BCUT2D eigenvalue weighted by Gasteiger charge is -2.19. The second-order valence-corrected chi connectivity index (χ2v) is 9.18. The van der Waals surface area contributed by atoms with Crippen LogP contribution in [0.1, 0.15) is 19.0 Å². The van der Waals surface area contributed by atoms with Crippen LogP contribution >= 0.6 is 11.6 Å². The topological polar surface area (TPSA) is 138 Å². The molecule has 0 atom stereocenters. The largest absolute Gasteiger partial charge is 0.493 e. The molecule has 4 N–H and O–H groups in total. The molecule has 0 spiro atoms. The molecule has 39 heavy (non-hydrogen) atoms. The highest BCUT2D eigenvalue weighted by atomic mass is 35.5. The van der Waals surface area contributed by atoms with Crippen molar-refractivity contribution in [2.24, 2.45) is 0 Å². The Morgan fingerprint density at radius 2 is 2.03 bits per heavy atom. The Kier molecular flexibility index (Phi) is 9.90. The van der Waals surface area contributed by atoms with E-state index in [0.29, 0.717) is 58.2 Å². The molecule has 0 saturated carbocycles. The zero-order valence-electron chi connectivity index (χ0n) is 21.9. The number of likely N-dealkylation sites (N-methyl/N-ethyl adjacent to an activating group) is 1. The third-order valence-corrected chi connectivity index (χ3v) is 6.23. The third-order valence-electron chi connectivity index (χ3n) is 6.00. The summed E-state index contributed by atoms with van der Waals surface area (Å²) in [6, 6.07) is 12.4. The van der Waals surface area contributed by atoms with Crippen LogP contribution in [0, 0.1) is 0 Å². The zero-order chi connectivity index (χ0) is 27.6. The van der Waals surface area contributed by atoms with Crippen molar-refractivity contribution in [3.05, 3.63) is 59.5 Å². The monoisotopic (exact) mass is 553 g/mol. The van der Waals surface area contributed by atoms with Gasteiger partial charge in [0.05, 0.1) is 32.3 Å². The number of H-pyrrole nitrogens is 1. The minimum atomic E-state index is -0.201. The molecule has 2 aromatic heterocycles. The lowest BCUT2D eigenvalue weighted by Crippen LogP contribution is -2.28. The van der Waals surface area contributed by atoms with Crippen molar-refractivity contribution in [1.82, 2.24) is 25.1 Å². The molecule has 4 aromatic rings. The lowest BCUT2D eigenvalue weighted by molar-refractivity contribution is -0.115. The van der Waals surface area contributed by atoms with Crippen LogP contribution in [0.2, 0.25) is 5.02 Å². The second kappa shape index (κ2) is 13.7. The molecule has 0 aliphatic rings. The average Bonchev–Trinajstić information content (AvgIpc) is 3.36. The number of fused-ring (bicyclic) bond motifs is 1. The van der Waals surface area contributed by atoms with Gasteiger partial charge >= 0.3 is 0 Å². The maximum absolute atomic E-state index is 12.4. The van der Waals surface area contributed by atoms with Crippen molar-refractivity contribution in [2.75, 3.05) is 50.6 Å². The predicted octanol–water partition coefficient (Wildman–Crippen LogP) is 4.02. The van der Waals surface area contributed by atoms with Gasteiger partial charge in [-0.25, -0.2) is 9.97 Å². The summed E-state index contributed by atoms with van der Waals surface area (Å²) in [5, 5.41) is 23.6. The Balaban J connectivity index is 1.41. The molecule has 0 fully saturated rings. The number of halogens is 1. The number of aliphatic hydroxyl groups excluding tert-OH is 1. The summed E-state index contributed by atoms with van der Waals surface area (Å²) in [6.07, 6.45) is 2.38. The first-order valence-corrected chi connectivity index (χ1v) is 13.0. The molecule has 2 aromatic carbocycles. The number of methoxy groups -OCH3 is 1. The number of benzene rings is 2. The predicted molar refractivity (Wildman–Crippen MR) is 151 cm³/mol. The van der Waals surface area contributed by atoms with Gasteiger partial charge in [-0.2, -0.15) is 5.10 Å². The van der Waals surface area contributed by atoms with Gasteiger partial charge in [-0.15, -0.1) is 0 Å². The maximum Gasteiger partial charge on any atom is 0.230 e. The molecular formula is C27H32ClN7O4. The molecule has 0 aliphatic carbocycles. The molecule has 0 saturated heterocycles. The zero-order valence-corrected chi connectivity index (χ0v) is 22.7. The quantitative estimate of drug-likeness (QED) is 0.170. The van der Waals surface area contributed by atoms with Gasteiger partial charge in [0, 0.05) is 47.0 Å². The number of anilines is 3. The molecule has 0 unspecified atom stereocenters. The van der Waals surface area contributed by atoms with Crippen LogP contribution in [-0.4, -0.2) is 76.0 Å². The van der Waals surface area contributed by atoms with Gasteiger partial charge in [-0.05, 0) is 37.2 Å². The fraction of sp³-hybridized carbons (Fsp3) is 0.333. The van der Waals surface area contributed by atoms with Crippen LogP contribution < -0.4 is 20.1 Å². The molecular weight excluding hydrogens is 522 g/mol. The van der Waals surface area contributed by atoms with Gasteiger partial charge in [0.2, 0.25) is 5.91 Å². The summed E-state index contributed by atoms with van der Waals surface area (Å²) in [4.78, 5) is 23.4. The Bertz CT molecular complexity index is 1400. The first-order chi connectivity index (χ1) is 19.0. The number of nitrogens with one attached hydrogen (secondary N) is 3. The number of nitrogens with zero attached hydrogens (tertiary/aromatic N) is 4. The third kappa shape index (κ3) is 7.79. The van der Waals surface area contributed by atoms with Crippen LogP contribution in [0.5, 0.6) is 11.5 Å².